The van der Waals surface area contributed by atoms with E-state index in [1.165, 1.54) is 18.4 Å². The molecular formula is C20H15NO5. The molecule has 0 bridgehead atoms. The van der Waals surface area contributed by atoms with Crippen LogP contribution in [0, 0.1) is 0 Å². The Morgan fingerprint density at radius 3 is 2.35 bits per heavy atom. The molecule has 0 unspecified atom stereocenters. The number of Topliss-reactive ketones (excluding diaryl/α,β-unsaturated/α-hetero) is 1. The van der Waals surface area contributed by atoms with E-state index in [1.54, 1.807) is 54.6 Å². The molecular weight excluding hydrogens is 334 g/mol. The molecule has 0 spiro atoms. The van der Waals surface area contributed by atoms with Gasteiger partial charge in [-0.25, -0.2) is 4.79 Å². The van der Waals surface area contributed by atoms with E-state index in [-0.39, 0.29) is 29.4 Å². The maximum Gasteiger partial charge on any atom is 0.340 e. The van der Waals surface area contributed by atoms with Gasteiger partial charge in [0.05, 0.1) is 17.5 Å². The summed E-state index contributed by atoms with van der Waals surface area (Å²) in [6.45, 7) is -0.386. The zero-order valence-electron chi connectivity index (χ0n) is 13.7. The first-order valence-electron chi connectivity index (χ1n) is 7.84. The summed E-state index contributed by atoms with van der Waals surface area (Å²) in [5.41, 5.74) is 0.874. The van der Waals surface area contributed by atoms with Crippen molar-refractivity contribution >= 4 is 23.3 Å². The minimum atomic E-state index is -0.704. The van der Waals surface area contributed by atoms with Crippen LogP contribution in [0.5, 0.6) is 0 Å². The average molecular weight is 349 g/mol. The Hall–Kier alpha value is -3.67. The third kappa shape index (κ3) is 4.05. The van der Waals surface area contributed by atoms with Gasteiger partial charge in [0, 0.05) is 5.56 Å². The smallest absolute Gasteiger partial charge is 0.340 e. The van der Waals surface area contributed by atoms with Gasteiger partial charge >= 0.3 is 5.97 Å². The number of carbonyl (C=O) groups excluding carboxylic acids is 3. The van der Waals surface area contributed by atoms with Crippen LogP contribution in [-0.2, 0) is 4.74 Å². The molecule has 130 valence electrons. The second kappa shape index (κ2) is 7.94. The van der Waals surface area contributed by atoms with Crippen LogP contribution in [0.3, 0.4) is 0 Å². The molecule has 0 radical (unpaired) electrons. The zero-order valence-corrected chi connectivity index (χ0v) is 13.7. The predicted octanol–water partition coefficient (Wildman–Crippen LogP) is 3.57. The van der Waals surface area contributed by atoms with E-state index in [2.05, 4.69) is 5.32 Å². The zero-order chi connectivity index (χ0) is 18.4. The Balaban J connectivity index is 1.68. The Bertz CT molecular complexity index is 916. The van der Waals surface area contributed by atoms with E-state index in [0.717, 1.165) is 0 Å². The van der Waals surface area contributed by atoms with Crippen LogP contribution >= 0.6 is 0 Å². The monoisotopic (exact) mass is 349 g/mol. The number of rotatable bonds is 6. The van der Waals surface area contributed by atoms with Crippen LogP contribution < -0.4 is 5.32 Å². The van der Waals surface area contributed by atoms with Crippen molar-refractivity contribution in [1.29, 1.82) is 0 Å². The molecule has 6 heteroatoms. The predicted molar refractivity (Wildman–Crippen MR) is 94.2 cm³/mol. The topological polar surface area (TPSA) is 85.6 Å². The molecule has 0 fully saturated rings. The normalized spacial score (nSPS) is 10.2. The molecule has 2 aromatic carbocycles. The number of amides is 1. The minimum Gasteiger partial charge on any atom is -0.459 e. The lowest BCUT2D eigenvalue weighted by Crippen LogP contribution is -2.18. The third-order valence-electron chi connectivity index (χ3n) is 3.57. The highest BCUT2D eigenvalue weighted by Gasteiger charge is 2.17. The summed E-state index contributed by atoms with van der Waals surface area (Å²) in [4.78, 5) is 36.4. The van der Waals surface area contributed by atoms with Crippen molar-refractivity contribution in [2.24, 2.45) is 0 Å². The first kappa shape index (κ1) is 17.2. The Kier molecular flexibility index (Phi) is 5.24. The number of carbonyl (C=O) groups is 3. The van der Waals surface area contributed by atoms with Gasteiger partial charge < -0.3 is 14.5 Å². The van der Waals surface area contributed by atoms with E-state index in [4.69, 9.17) is 9.15 Å². The molecule has 1 heterocycles. The van der Waals surface area contributed by atoms with Crippen molar-refractivity contribution < 1.29 is 23.5 Å². The highest BCUT2D eigenvalue weighted by atomic mass is 16.5. The summed E-state index contributed by atoms with van der Waals surface area (Å²) in [6.07, 6.45) is 1.38. The van der Waals surface area contributed by atoms with Gasteiger partial charge in [0.2, 0.25) is 0 Å². The number of hydrogen-bond acceptors (Lipinski definition) is 5. The first-order chi connectivity index (χ1) is 12.6. The fourth-order valence-corrected chi connectivity index (χ4v) is 2.28. The van der Waals surface area contributed by atoms with E-state index < -0.39 is 11.9 Å². The Labute approximate surface area is 149 Å². The van der Waals surface area contributed by atoms with Gasteiger partial charge in [-0.1, -0.05) is 42.5 Å². The minimum absolute atomic E-state index is 0.118. The molecule has 0 aliphatic heterocycles. The number of esters is 1. The summed E-state index contributed by atoms with van der Waals surface area (Å²) < 4.78 is 10.1. The maximum absolute atomic E-state index is 12.3. The summed E-state index contributed by atoms with van der Waals surface area (Å²) >= 11 is 0. The van der Waals surface area contributed by atoms with Crippen LogP contribution in [0.2, 0.25) is 0 Å². The molecule has 0 atom stereocenters. The van der Waals surface area contributed by atoms with Gasteiger partial charge in [-0.3, -0.25) is 9.59 Å². The van der Waals surface area contributed by atoms with Crippen molar-refractivity contribution in [1.82, 2.24) is 0 Å². The lowest BCUT2D eigenvalue weighted by atomic mass is 10.1. The van der Waals surface area contributed by atoms with Gasteiger partial charge in [-0.15, -0.1) is 0 Å². The van der Waals surface area contributed by atoms with Crippen LogP contribution in [0.1, 0.15) is 31.3 Å². The SMILES string of the molecule is O=C(COC(=O)c1ccccc1NC(=O)c1ccco1)c1ccccc1. The van der Waals surface area contributed by atoms with E-state index in [0.29, 0.717) is 5.56 Å². The number of hydrogen-bond donors (Lipinski definition) is 1. The molecule has 26 heavy (non-hydrogen) atoms. The van der Waals surface area contributed by atoms with E-state index in [9.17, 15) is 14.4 Å². The Morgan fingerprint density at radius 2 is 1.62 bits per heavy atom. The third-order valence-corrected chi connectivity index (χ3v) is 3.57. The van der Waals surface area contributed by atoms with Crippen LogP contribution in [-0.4, -0.2) is 24.3 Å². The van der Waals surface area contributed by atoms with Crippen LogP contribution in [0.4, 0.5) is 5.69 Å². The Morgan fingerprint density at radius 1 is 0.885 bits per heavy atom. The van der Waals surface area contributed by atoms with Crippen molar-refractivity contribution in [3.63, 3.8) is 0 Å². The summed E-state index contributed by atoms with van der Waals surface area (Å²) in [7, 11) is 0. The lowest BCUT2D eigenvalue weighted by Gasteiger charge is -2.10. The molecule has 3 rings (SSSR count). The summed E-state index contributed by atoms with van der Waals surface area (Å²) in [5.74, 6) is -1.39. The molecule has 3 aromatic rings. The summed E-state index contributed by atoms with van der Waals surface area (Å²) in [5, 5.41) is 2.59. The van der Waals surface area contributed by atoms with Gasteiger partial charge in [0.25, 0.3) is 5.91 Å². The van der Waals surface area contributed by atoms with Crippen molar-refractivity contribution in [2.45, 2.75) is 0 Å². The molecule has 0 saturated carbocycles. The molecule has 0 aliphatic rings. The fraction of sp³-hybridized carbons (Fsp3) is 0.0500. The number of nitrogens with one attached hydrogen (secondary N) is 1. The number of furan rings is 1. The van der Waals surface area contributed by atoms with E-state index >= 15 is 0 Å². The highest BCUT2D eigenvalue weighted by molar-refractivity contribution is 6.07. The van der Waals surface area contributed by atoms with Crippen LogP contribution in [0.15, 0.2) is 77.4 Å². The molecule has 0 saturated heterocycles. The fourth-order valence-electron chi connectivity index (χ4n) is 2.28. The first-order valence-corrected chi connectivity index (χ1v) is 7.84. The number of benzene rings is 2. The molecule has 0 aliphatic carbocycles. The summed E-state index contributed by atoms with van der Waals surface area (Å²) in [6, 6.07) is 18.0. The van der Waals surface area contributed by atoms with Crippen molar-refractivity contribution in [2.75, 3.05) is 11.9 Å². The number of anilines is 1. The second-order valence-electron chi connectivity index (χ2n) is 5.34. The highest BCUT2D eigenvalue weighted by Crippen LogP contribution is 2.18. The van der Waals surface area contributed by atoms with Gasteiger partial charge in [-0.05, 0) is 24.3 Å². The quantitative estimate of drug-likeness (QED) is 0.543. The lowest BCUT2D eigenvalue weighted by molar-refractivity contribution is 0.0475. The molecule has 1 amide bonds. The molecule has 1 N–H and O–H groups in total. The second-order valence-corrected chi connectivity index (χ2v) is 5.34. The number of para-hydroxylation sites is 1. The standard InChI is InChI=1S/C20H15NO5/c22-17(14-7-2-1-3-8-14)13-26-20(24)15-9-4-5-10-16(15)21-19(23)18-11-6-12-25-18/h1-12H,13H2,(H,21,23). The molecule has 6 nitrogen and oxygen atoms in total. The van der Waals surface area contributed by atoms with Gasteiger partial charge in [0.15, 0.2) is 18.2 Å². The van der Waals surface area contributed by atoms with Gasteiger partial charge in [0.1, 0.15) is 0 Å². The number of ketones is 1. The average Bonchev–Trinajstić information content (AvgIpc) is 3.22. The molecule has 1 aromatic heterocycles. The number of ether oxygens (including phenoxy) is 1. The maximum atomic E-state index is 12.3. The van der Waals surface area contributed by atoms with E-state index in [1.807, 2.05) is 0 Å². The largest absolute Gasteiger partial charge is 0.459 e. The van der Waals surface area contributed by atoms with Gasteiger partial charge in [-0.2, -0.15) is 0 Å². The van der Waals surface area contributed by atoms with Crippen LogP contribution in [0.25, 0.3) is 0 Å². The van der Waals surface area contributed by atoms with Crippen molar-refractivity contribution in [3.05, 3.63) is 89.9 Å². The van der Waals surface area contributed by atoms with Crippen molar-refractivity contribution in [3.8, 4) is 0 Å².